The van der Waals surface area contributed by atoms with Crippen molar-refractivity contribution in [3.8, 4) is 0 Å². The molecule has 0 aromatic heterocycles. The van der Waals surface area contributed by atoms with E-state index in [1.165, 1.54) is 11.8 Å². The summed E-state index contributed by atoms with van der Waals surface area (Å²) in [7, 11) is 0. The molecule has 0 saturated carbocycles. The van der Waals surface area contributed by atoms with Crippen LogP contribution in [-0.4, -0.2) is 30.7 Å². The number of halogens is 1. The third kappa shape index (κ3) is 6.37. The molecule has 7 heteroatoms. The van der Waals surface area contributed by atoms with Gasteiger partial charge in [0.1, 0.15) is 0 Å². The Morgan fingerprint density at radius 3 is 2.58 bits per heavy atom. The molecule has 2 amide bonds. The number of benzene rings is 2. The van der Waals surface area contributed by atoms with Crippen LogP contribution in [0.4, 0.5) is 5.69 Å². The molecule has 0 atom stereocenters. The number of hydrogen-bond donors (Lipinski definition) is 3. The molecule has 0 saturated heterocycles. The summed E-state index contributed by atoms with van der Waals surface area (Å²) in [6.45, 7) is 4.81. The van der Waals surface area contributed by atoms with Gasteiger partial charge in [-0.2, -0.15) is 0 Å². The van der Waals surface area contributed by atoms with Crippen LogP contribution in [0, 0.1) is 13.8 Å². The first-order chi connectivity index (χ1) is 12.0. The molecule has 0 aliphatic carbocycles. The Morgan fingerprint density at radius 2 is 1.85 bits per heavy atom. The van der Waals surface area contributed by atoms with E-state index in [0.717, 1.165) is 16.0 Å². The minimum absolute atomic E-state index is 0. The SMILES string of the molecule is Cc1ccc(C)c(SCC(=O)Nc2ccccc2C(=O)NCCN)c1.Cl. The predicted octanol–water partition coefficient (Wildman–Crippen LogP) is 3.14. The van der Waals surface area contributed by atoms with E-state index in [4.69, 9.17) is 5.73 Å². The van der Waals surface area contributed by atoms with Crippen LogP contribution >= 0.6 is 24.2 Å². The topological polar surface area (TPSA) is 84.2 Å². The lowest BCUT2D eigenvalue weighted by Gasteiger charge is -2.11. The summed E-state index contributed by atoms with van der Waals surface area (Å²) in [4.78, 5) is 25.5. The lowest BCUT2D eigenvalue weighted by Crippen LogP contribution is -2.30. The van der Waals surface area contributed by atoms with Gasteiger partial charge in [-0.25, -0.2) is 0 Å². The third-order valence-electron chi connectivity index (χ3n) is 3.58. The van der Waals surface area contributed by atoms with Crippen LogP contribution in [0.15, 0.2) is 47.4 Å². The first-order valence-corrected chi connectivity index (χ1v) is 9.07. The van der Waals surface area contributed by atoms with Gasteiger partial charge in [0.15, 0.2) is 0 Å². The Labute approximate surface area is 164 Å². The van der Waals surface area contributed by atoms with Gasteiger partial charge in [0, 0.05) is 18.0 Å². The van der Waals surface area contributed by atoms with Gasteiger partial charge in [-0.1, -0.05) is 29.8 Å². The van der Waals surface area contributed by atoms with Crippen LogP contribution < -0.4 is 16.4 Å². The highest BCUT2D eigenvalue weighted by molar-refractivity contribution is 8.00. The molecule has 0 aliphatic heterocycles. The van der Waals surface area contributed by atoms with Crippen molar-refractivity contribution in [1.82, 2.24) is 5.32 Å². The average molecular weight is 394 g/mol. The van der Waals surface area contributed by atoms with E-state index in [2.05, 4.69) is 22.8 Å². The van der Waals surface area contributed by atoms with Crippen molar-refractivity contribution in [2.24, 2.45) is 5.73 Å². The van der Waals surface area contributed by atoms with Crippen LogP contribution in [0.1, 0.15) is 21.5 Å². The Balaban J connectivity index is 0.00000338. The highest BCUT2D eigenvalue weighted by Crippen LogP contribution is 2.24. The molecule has 0 heterocycles. The molecule has 0 unspecified atom stereocenters. The number of nitrogens with one attached hydrogen (secondary N) is 2. The molecule has 26 heavy (non-hydrogen) atoms. The smallest absolute Gasteiger partial charge is 0.253 e. The van der Waals surface area contributed by atoms with Crippen molar-refractivity contribution in [2.45, 2.75) is 18.7 Å². The molecule has 0 bridgehead atoms. The highest BCUT2D eigenvalue weighted by Gasteiger charge is 2.13. The predicted molar refractivity (Wildman–Crippen MR) is 110 cm³/mol. The molecule has 140 valence electrons. The fourth-order valence-corrected chi connectivity index (χ4v) is 3.19. The van der Waals surface area contributed by atoms with Gasteiger partial charge >= 0.3 is 0 Å². The maximum Gasteiger partial charge on any atom is 0.253 e. The van der Waals surface area contributed by atoms with Crippen LogP contribution in [0.5, 0.6) is 0 Å². The number of para-hydroxylation sites is 1. The number of rotatable bonds is 7. The molecule has 0 radical (unpaired) electrons. The Bertz CT molecular complexity index is 768. The number of thioether (sulfide) groups is 1. The van der Waals surface area contributed by atoms with E-state index in [1.807, 2.05) is 19.9 Å². The van der Waals surface area contributed by atoms with Crippen LogP contribution in [-0.2, 0) is 4.79 Å². The second-order valence-electron chi connectivity index (χ2n) is 5.70. The average Bonchev–Trinajstić information content (AvgIpc) is 2.61. The highest BCUT2D eigenvalue weighted by atomic mass is 35.5. The third-order valence-corrected chi connectivity index (χ3v) is 4.74. The van der Waals surface area contributed by atoms with Crippen LogP contribution in [0.3, 0.4) is 0 Å². The molecule has 2 aromatic carbocycles. The number of amides is 2. The summed E-state index contributed by atoms with van der Waals surface area (Å²) in [5.74, 6) is -0.114. The summed E-state index contributed by atoms with van der Waals surface area (Å²) >= 11 is 1.49. The molecule has 0 aliphatic rings. The summed E-state index contributed by atoms with van der Waals surface area (Å²) < 4.78 is 0. The standard InChI is InChI=1S/C19H23N3O2S.ClH/c1-13-7-8-14(2)17(11-13)25-12-18(23)22-16-6-4-3-5-15(16)19(24)21-10-9-20;/h3-8,11H,9-10,12,20H2,1-2H3,(H,21,24)(H,22,23);1H. The van der Waals surface area contributed by atoms with E-state index in [-0.39, 0.29) is 30.0 Å². The number of hydrogen-bond acceptors (Lipinski definition) is 4. The van der Waals surface area contributed by atoms with E-state index in [1.54, 1.807) is 24.3 Å². The van der Waals surface area contributed by atoms with Gasteiger partial charge in [0.05, 0.1) is 17.0 Å². The second-order valence-corrected chi connectivity index (χ2v) is 6.71. The van der Waals surface area contributed by atoms with Gasteiger partial charge in [-0.15, -0.1) is 24.2 Å². The zero-order chi connectivity index (χ0) is 18.2. The minimum Gasteiger partial charge on any atom is -0.351 e. The monoisotopic (exact) mass is 393 g/mol. The van der Waals surface area contributed by atoms with E-state index in [0.29, 0.717) is 24.3 Å². The number of carbonyl (C=O) groups excluding carboxylic acids is 2. The van der Waals surface area contributed by atoms with Crippen molar-refractivity contribution < 1.29 is 9.59 Å². The van der Waals surface area contributed by atoms with Gasteiger partial charge in [-0.05, 0) is 37.6 Å². The molecular formula is C19H24ClN3O2S. The fourth-order valence-electron chi connectivity index (χ4n) is 2.26. The molecule has 5 nitrogen and oxygen atoms in total. The normalized spacial score (nSPS) is 9.96. The summed E-state index contributed by atoms with van der Waals surface area (Å²) in [6.07, 6.45) is 0. The van der Waals surface area contributed by atoms with Crippen molar-refractivity contribution in [2.75, 3.05) is 24.2 Å². The van der Waals surface area contributed by atoms with Gasteiger partial charge in [0.2, 0.25) is 5.91 Å². The quantitative estimate of drug-likeness (QED) is 0.631. The number of anilines is 1. The molecule has 2 aromatic rings. The summed E-state index contributed by atoms with van der Waals surface area (Å²) in [5.41, 5.74) is 8.64. The van der Waals surface area contributed by atoms with Crippen molar-refractivity contribution in [3.05, 3.63) is 59.2 Å². The maximum atomic E-state index is 12.3. The van der Waals surface area contributed by atoms with Gasteiger partial charge in [0.25, 0.3) is 5.91 Å². The molecule has 0 fully saturated rings. The van der Waals surface area contributed by atoms with E-state index >= 15 is 0 Å². The van der Waals surface area contributed by atoms with Crippen molar-refractivity contribution in [3.63, 3.8) is 0 Å². The van der Waals surface area contributed by atoms with E-state index < -0.39 is 0 Å². The van der Waals surface area contributed by atoms with Crippen molar-refractivity contribution in [1.29, 1.82) is 0 Å². The Hall–Kier alpha value is -2.02. The molecule has 2 rings (SSSR count). The largest absolute Gasteiger partial charge is 0.351 e. The maximum absolute atomic E-state index is 12.3. The summed E-state index contributed by atoms with van der Waals surface area (Å²) in [5, 5.41) is 5.53. The second kappa shape index (κ2) is 10.9. The number of aryl methyl sites for hydroxylation is 2. The zero-order valence-corrected chi connectivity index (χ0v) is 16.5. The van der Waals surface area contributed by atoms with Gasteiger partial charge in [-0.3, -0.25) is 9.59 Å². The fraction of sp³-hybridized carbons (Fsp3) is 0.263. The zero-order valence-electron chi connectivity index (χ0n) is 14.9. The number of nitrogens with two attached hydrogens (primary N) is 1. The van der Waals surface area contributed by atoms with Crippen LogP contribution in [0.2, 0.25) is 0 Å². The number of carbonyl (C=O) groups is 2. The molecular weight excluding hydrogens is 370 g/mol. The van der Waals surface area contributed by atoms with Crippen molar-refractivity contribution >= 4 is 41.7 Å². The first kappa shape index (κ1) is 22.0. The molecule has 4 N–H and O–H groups in total. The first-order valence-electron chi connectivity index (χ1n) is 8.08. The van der Waals surface area contributed by atoms with Crippen LogP contribution in [0.25, 0.3) is 0 Å². The minimum atomic E-state index is -0.247. The summed E-state index contributed by atoms with van der Waals surface area (Å²) in [6, 6.07) is 13.1. The Morgan fingerprint density at radius 1 is 1.12 bits per heavy atom. The van der Waals surface area contributed by atoms with Gasteiger partial charge < -0.3 is 16.4 Å². The molecule has 0 spiro atoms. The lowest BCUT2D eigenvalue weighted by atomic mass is 10.1. The van der Waals surface area contributed by atoms with E-state index in [9.17, 15) is 9.59 Å². The Kier molecular flexibility index (Phi) is 9.19. The lowest BCUT2D eigenvalue weighted by molar-refractivity contribution is -0.113.